The lowest BCUT2D eigenvalue weighted by molar-refractivity contribution is -0.384. The van der Waals surface area contributed by atoms with E-state index in [0.717, 1.165) is 5.75 Å². The Hall–Kier alpha value is -3.33. The van der Waals surface area contributed by atoms with Crippen LogP contribution in [-0.4, -0.2) is 57.3 Å². The molecule has 2 aromatic rings. The van der Waals surface area contributed by atoms with Gasteiger partial charge < -0.3 is 23.9 Å². The van der Waals surface area contributed by atoms with E-state index in [-0.39, 0.29) is 17.2 Å². The molecule has 1 saturated heterocycles. The molecule has 9 heteroatoms. The highest BCUT2D eigenvalue weighted by Gasteiger charge is 2.21. The van der Waals surface area contributed by atoms with E-state index in [2.05, 4.69) is 5.16 Å². The van der Waals surface area contributed by atoms with Crippen LogP contribution in [0.1, 0.15) is 12.5 Å². The van der Waals surface area contributed by atoms with Gasteiger partial charge in [-0.1, -0.05) is 11.2 Å². The molecule has 0 amide bonds. The van der Waals surface area contributed by atoms with Gasteiger partial charge in [0, 0.05) is 24.7 Å². The Morgan fingerprint density at radius 3 is 2.47 bits per heavy atom. The van der Waals surface area contributed by atoms with E-state index in [4.69, 9.17) is 19.0 Å². The summed E-state index contributed by atoms with van der Waals surface area (Å²) in [5, 5.41) is 15.3. The monoisotopic (exact) mass is 415 g/mol. The fraction of sp³-hybridized carbons (Fsp3) is 0.381. The number of hydrogen-bond donors (Lipinski definition) is 0. The van der Waals surface area contributed by atoms with Crippen LogP contribution in [0, 0.1) is 10.1 Å². The highest BCUT2D eigenvalue weighted by molar-refractivity contribution is 5.82. The number of benzene rings is 2. The van der Waals surface area contributed by atoms with Crippen molar-refractivity contribution in [2.24, 2.45) is 5.16 Å². The third-order valence-corrected chi connectivity index (χ3v) is 4.40. The van der Waals surface area contributed by atoms with Gasteiger partial charge in [0.15, 0.2) is 6.61 Å². The predicted molar refractivity (Wildman–Crippen MR) is 113 cm³/mol. The van der Waals surface area contributed by atoms with Crippen molar-refractivity contribution >= 4 is 17.6 Å². The minimum absolute atomic E-state index is 0.0414. The van der Waals surface area contributed by atoms with E-state index < -0.39 is 0 Å². The van der Waals surface area contributed by atoms with Crippen LogP contribution in [0.2, 0.25) is 0 Å². The molecule has 0 spiro atoms. The highest BCUT2D eigenvalue weighted by Crippen LogP contribution is 2.29. The number of anilines is 1. The standard InChI is InChI=1S/C21H25N3O6/c1-2-28-18-4-6-19(7-5-18)29-13-14-30-22-16-17-3-8-20(21(15-17)24(25)26)23-9-11-27-12-10-23/h3-8,15-16H,2,9-14H2,1H3/b22-16-. The molecule has 1 aliphatic rings. The Balaban J connectivity index is 1.48. The highest BCUT2D eigenvalue weighted by atomic mass is 16.6. The summed E-state index contributed by atoms with van der Waals surface area (Å²) in [4.78, 5) is 18.2. The third-order valence-electron chi connectivity index (χ3n) is 4.40. The summed E-state index contributed by atoms with van der Waals surface area (Å²) in [5.41, 5.74) is 1.22. The number of morpholine rings is 1. The third kappa shape index (κ3) is 6.08. The first kappa shape index (κ1) is 21.4. The first-order valence-corrected chi connectivity index (χ1v) is 9.79. The molecule has 0 saturated carbocycles. The number of oxime groups is 1. The Bertz CT molecular complexity index is 850. The topological polar surface area (TPSA) is 95.7 Å². The van der Waals surface area contributed by atoms with Crippen molar-refractivity contribution in [3.63, 3.8) is 0 Å². The first-order valence-electron chi connectivity index (χ1n) is 9.79. The van der Waals surface area contributed by atoms with Gasteiger partial charge in [-0.3, -0.25) is 10.1 Å². The number of nitrogens with zero attached hydrogens (tertiary/aromatic N) is 3. The molecule has 1 fully saturated rings. The molecule has 1 aliphatic heterocycles. The van der Waals surface area contributed by atoms with Gasteiger partial charge in [0.25, 0.3) is 5.69 Å². The molecule has 0 unspecified atom stereocenters. The molecule has 2 aromatic carbocycles. The van der Waals surface area contributed by atoms with Gasteiger partial charge in [0.1, 0.15) is 23.8 Å². The molecule has 1 heterocycles. The van der Waals surface area contributed by atoms with Crippen molar-refractivity contribution in [3.05, 3.63) is 58.1 Å². The second-order valence-electron chi connectivity index (χ2n) is 6.43. The lowest BCUT2D eigenvalue weighted by Crippen LogP contribution is -2.36. The number of nitro groups is 1. The van der Waals surface area contributed by atoms with Crippen LogP contribution >= 0.6 is 0 Å². The molecule has 0 aromatic heterocycles. The average Bonchev–Trinajstić information content (AvgIpc) is 2.78. The summed E-state index contributed by atoms with van der Waals surface area (Å²) in [5.74, 6) is 1.50. The number of rotatable bonds is 10. The molecular weight excluding hydrogens is 390 g/mol. The van der Waals surface area contributed by atoms with Gasteiger partial charge in [-0.05, 0) is 37.3 Å². The van der Waals surface area contributed by atoms with Crippen molar-refractivity contribution in [3.8, 4) is 11.5 Å². The van der Waals surface area contributed by atoms with Gasteiger partial charge in [-0.2, -0.15) is 0 Å². The van der Waals surface area contributed by atoms with Crippen LogP contribution in [0.4, 0.5) is 11.4 Å². The van der Waals surface area contributed by atoms with Crippen LogP contribution in [0.15, 0.2) is 47.6 Å². The molecule has 0 bridgehead atoms. The molecule has 9 nitrogen and oxygen atoms in total. The van der Waals surface area contributed by atoms with Gasteiger partial charge in [0.05, 0.1) is 31.0 Å². The maximum absolute atomic E-state index is 11.5. The zero-order valence-electron chi connectivity index (χ0n) is 16.9. The molecule has 0 aliphatic carbocycles. The summed E-state index contributed by atoms with van der Waals surface area (Å²) < 4.78 is 16.2. The van der Waals surface area contributed by atoms with E-state index in [0.29, 0.717) is 56.5 Å². The molecule has 3 rings (SSSR count). The van der Waals surface area contributed by atoms with Crippen molar-refractivity contribution in [2.75, 3.05) is 51.0 Å². The zero-order valence-corrected chi connectivity index (χ0v) is 16.9. The quantitative estimate of drug-likeness (QED) is 0.254. The Kier molecular flexibility index (Phi) is 7.85. The van der Waals surface area contributed by atoms with Crippen LogP contribution in [-0.2, 0) is 9.57 Å². The van der Waals surface area contributed by atoms with Gasteiger partial charge in [-0.15, -0.1) is 0 Å². The summed E-state index contributed by atoms with van der Waals surface area (Å²) >= 11 is 0. The van der Waals surface area contributed by atoms with Crippen LogP contribution in [0.3, 0.4) is 0 Å². The normalized spacial score (nSPS) is 14.0. The van der Waals surface area contributed by atoms with E-state index in [1.807, 2.05) is 36.1 Å². The van der Waals surface area contributed by atoms with Crippen molar-refractivity contribution in [2.45, 2.75) is 6.92 Å². The maximum atomic E-state index is 11.5. The minimum Gasteiger partial charge on any atom is -0.494 e. The smallest absolute Gasteiger partial charge is 0.293 e. The van der Waals surface area contributed by atoms with E-state index in [1.165, 1.54) is 12.3 Å². The van der Waals surface area contributed by atoms with E-state index in [1.54, 1.807) is 12.1 Å². The second kappa shape index (κ2) is 11.0. The van der Waals surface area contributed by atoms with Crippen molar-refractivity contribution < 1.29 is 24.0 Å². The lowest BCUT2D eigenvalue weighted by Gasteiger charge is -2.28. The molecule has 30 heavy (non-hydrogen) atoms. The molecular formula is C21H25N3O6. The summed E-state index contributed by atoms with van der Waals surface area (Å²) in [6, 6.07) is 12.3. The molecule has 0 atom stereocenters. The van der Waals surface area contributed by atoms with Gasteiger partial charge in [0.2, 0.25) is 0 Å². The zero-order chi connectivity index (χ0) is 21.2. The average molecular weight is 415 g/mol. The van der Waals surface area contributed by atoms with Crippen LogP contribution in [0.25, 0.3) is 0 Å². The summed E-state index contributed by atoms with van der Waals surface area (Å²) in [6.07, 6.45) is 1.45. The SMILES string of the molecule is CCOc1ccc(OCCO/N=C\c2ccc(N3CCOCC3)c([N+](=O)[O-])c2)cc1. The Morgan fingerprint density at radius 1 is 1.10 bits per heavy atom. The molecule has 160 valence electrons. The molecule has 0 N–H and O–H groups in total. The second-order valence-corrected chi connectivity index (χ2v) is 6.43. The van der Waals surface area contributed by atoms with Crippen LogP contribution in [0.5, 0.6) is 11.5 Å². The largest absolute Gasteiger partial charge is 0.494 e. The first-order chi connectivity index (χ1) is 14.7. The number of ether oxygens (including phenoxy) is 3. The van der Waals surface area contributed by atoms with Gasteiger partial charge >= 0.3 is 0 Å². The molecule has 0 radical (unpaired) electrons. The van der Waals surface area contributed by atoms with Crippen molar-refractivity contribution in [1.29, 1.82) is 0 Å². The Labute approximate surface area is 174 Å². The maximum Gasteiger partial charge on any atom is 0.293 e. The lowest BCUT2D eigenvalue weighted by atomic mass is 10.1. The fourth-order valence-corrected chi connectivity index (χ4v) is 2.99. The number of hydrogen-bond acceptors (Lipinski definition) is 8. The fourth-order valence-electron chi connectivity index (χ4n) is 2.99. The van der Waals surface area contributed by atoms with E-state index >= 15 is 0 Å². The number of nitro benzene ring substituents is 1. The minimum atomic E-state index is -0.381. The van der Waals surface area contributed by atoms with E-state index in [9.17, 15) is 10.1 Å². The predicted octanol–water partition coefficient (Wildman–Crippen LogP) is 3.26. The summed E-state index contributed by atoms with van der Waals surface area (Å²) in [7, 11) is 0. The van der Waals surface area contributed by atoms with Crippen LogP contribution < -0.4 is 14.4 Å². The Morgan fingerprint density at radius 2 is 1.80 bits per heavy atom. The van der Waals surface area contributed by atoms with Gasteiger partial charge in [-0.25, -0.2) is 0 Å². The summed E-state index contributed by atoms with van der Waals surface area (Å²) in [6.45, 7) is 5.50. The van der Waals surface area contributed by atoms with Crippen molar-refractivity contribution in [1.82, 2.24) is 0 Å².